The molecule has 4 rings (SSSR count). The van der Waals surface area contributed by atoms with Gasteiger partial charge < -0.3 is 24.6 Å². The first-order valence-corrected chi connectivity index (χ1v) is 9.77. The van der Waals surface area contributed by atoms with Gasteiger partial charge in [0.25, 0.3) is 11.7 Å². The number of methoxy groups -OCH3 is 1. The third kappa shape index (κ3) is 3.41. The summed E-state index contributed by atoms with van der Waals surface area (Å²) in [5, 5.41) is 21.0. The molecule has 2 aliphatic heterocycles. The van der Waals surface area contributed by atoms with Crippen molar-refractivity contribution in [1.82, 2.24) is 4.90 Å². The molecule has 0 aliphatic carbocycles. The summed E-state index contributed by atoms with van der Waals surface area (Å²) in [5.74, 6) is -0.955. The van der Waals surface area contributed by atoms with Gasteiger partial charge in [0.2, 0.25) is 0 Å². The lowest BCUT2D eigenvalue weighted by atomic mass is 9.94. The van der Waals surface area contributed by atoms with Gasteiger partial charge in [-0.15, -0.1) is 0 Å². The minimum atomic E-state index is -0.823. The zero-order valence-corrected chi connectivity index (χ0v) is 16.8. The summed E-state index contributed by atoms with van der Waals surface area (Å²) in [5.41, 5.74) is 1.91. The van der Waals surface area contributed by atoms with Crippen LogP contribution in [0.5, 0.6) is 11.5 Å². The molecule has 7 heteroatoms. The van der Waals surface area contributed by atoms with Gasteiger partial charge in [-0.1, -0.05) is 12.1 Å². The Morgan fingerprint density at radius 3 is 2.77 bits per heavy atom. The van der Waals surface area contributed by atoms with Gasteiger partial charge in [-0.3, -0.25) is 9.59 Å². The van der Waals surface area contributed by atoms with Crippen molar-refractivity contribution in [3.8, 4) is 11.5 Å². The maximum atomic E-state index is 12.9. The van der Waals surface area contributed by atoms with Crippen LogP contribution in [0.4, 0.5) is 0 Å². The fourth-order valence-electron chi connectivity index (χ4n) is 4.07. The van der Waals surface area contributed by atoms with Crippen LogP contribution < -0.4 is 4.74 Å². The molecule has 0 unspecified atom stereocenters. The molecule has 2 aromatic rings. The van der Waals surface area contributed by atoms with Crippen LogP contribution in [0.25, 0.3) is 5.76 Å². The number of aliphatic hydroxyl groups excluding tert-OH is 1. The number of hydrogen-bond donors (Lipinski definition) is 2. The number of ether oxygens (including phenoxy) is 2. The minimum Gasteiger partial charge on any atom is -0.508 e. The van der Waals surface area contributed by atoms with Crippen molar-refractivity contribution in [3.05, 3.63) is 64.7 Å². The summed E-state index contributed by atoms with van der Waals surface area (Å²) in [4.78, 5) is 27.0. The summed E-state index contributed by atoms with van der Waals surface area (Å²) >= 11 is 0. The SMILES string of the molecule is COCCN1C(=O)C(=O)/C(=C(/O)c2ccc3c(c2)C[C@@H](C)O3)[C@H]1c1cccc(O)c1. The van der Waals surface area contributed by atoms with Gasteiger partial charge >= 0.3 is 0 Å². The zero-order valence-electron chi connectivity index (χ0n) is 16.8. The van der Waals surface area contributed by atoms with Crippen molar-refractivity contribution in [2.24, 2.45) is 0 Å². The van der Waals surface area contributed by atoms with Crippen LogP contribution in [-0.4, -0.2) is 53.2 Å². The molecular formula is C23H23NO6. The molecule has 1 fully saturated rings. The Hall–Kier alpha value is -3.32. The Balaban J connectivity index is 1.83. The number of likely N-dealkylation sites (tertiary alicyclic amines) is 1. The van der Waals surface area contributed by atoms with E-state index in [1.807, 2.05) is 6.92 Å². The Morgan fingerprint density at radius 1 is 1.23 bits per heavy atom. The van der Waals surface area contributed by atoms with Crippen LogP contribution >= 0.6 is 0 Å². The van der Waals surface area contributed by atoms with E-state index in [0.29, 0.717) is 17.5 Å². The second kappa shape index (κ2) is 7.84. The zero-order chi connectivity index (χ0) is 21.4. The number of phenolic OH excluding ortho intramolecular Hbond substituents is 1. The number of nitrogens with zero attached hydrogens (tertiary/aromatic N) is 1. The standard InChI is InChI=1S/C23H23NO6/c1-13-10-16-11-15(6-7-18(16)30-13)21(26)19-20(14-4-3-5-17(25)12-14)24(8-9-29-2)23(28)22(19)27/h3-7,11-13,20,25-26H,8-10H2,1-2H3/b21-19+/t13-,20-/m1/s1. The largest absolute Gasteiger partial charge is 0.508 e. The number of rotatable bonds is 5. The van der Waals surface area contributed by atoms with E-state index >= 15 is 0 Å². The molecule has 0 saturated carbocycles. The van der Waals surface area contributed by atoms with E-state index in [0.717, 1.165) is 11.3 Å². The fourth-order valence-corrected chi connectivity index (χ4v) is 4.07. The number of hydrogen-bond acceptors (Lipinski definition) is 6. The normalized spacial score (nSPS) is 22.3. The van der Waals surface area contributed by atoms with Crippen LogP contribution in [-0.2, 0) is 20.7 Å². The summed E-state index contributed by atoms with van der Waals surface area (Å²) in [6.07, 6.45) is 0.749. The highest BCUT2D eigenvalue weighted by Gasteiger charge is 2.46. The van der Waals surface area contributed by atoms with Crippen molar-refractivity contribution < 1.29 is 29.3 Å². The smallest absolute Gasteiger partial charge is 0.295 e. The highest BCUT2D eigenvalue weighted by atomic mass is 16.5. The lowest BCUT2D eigenvalue weighted by molar-refractivity contribution is -0.140. The van der Waals surface area contributed by atoms with Gasteiger partial charge in [0.05, 0.1) is 18.2 Å². The van der Waals surface area contributed by atoms with E-state index in [9.17, 15) is 19.8 Å². The first-order valence-electron chi connectivity index (χ1n) is 9.77. The van der Waals surface area contributed by atoms with Crippen LogP contribution in [0, 0.1) is 0 Å². The van der Waals surface area contributed by atoms with Crippen LogP contribution in [0.2, 0.25) is 0 Å². The van der Waals surface area contributed by atoms with Crippen molar-refractivity contribution in [3.63, 3.8) is 0 Å². The lowest BCUT2D eigenvalue weighted by Crippen LogP contribution is -2.32. The van der Waals surface area contributed by atoms with E-state index in [4.69, 9.17) is 9.47 Å². The van der Waals surface area contributed by atoms with E-state index in [2.05, 4.69) is 0 Å². The van der Waals surface area contributed by atoms with Gasteiger partial charge in [-0.25, -0.2) is 0 Å². The number of fused-ring (bicyclic) bond motifs is 1. The van der Waals surface area contributed by atoms with Crippen LogP contribution in [0.1, 0.15) is 29.7 Å². The van der Waals surface area contributed by atoms with Crippen molar-refractivity contribution in [2.75, 3.05) is 20.3 Å². The number of ketones is 1. The Bertz CT molecular complexity index is 1040. The highest BCUT2D eigenvalue weighted by Crippen LogP contribution is 2.41. The number of aliphatic hydroxyl groups is 1. The molecule has 2 N–H and O–H groups in total. The molecule has 2 aromatic carbocycles. The average Bonchev–Trinajstić information content (AvgIpc) is 3.22. The number of amides is 1. The van der Waals surface area contributed by atoms with Crippen molar-refractivity contribution in [1.29, 1.82) is 0 Å². The molecule has 2 atom stereocenters. The molecular weight excluding hydrogens is 386 g/mol. The number of benzene rings is 2. The van der Waals surface area contributed by atoms with E-state index in [1.165, 1.54) is 24.1 Å². The maximum Gasteiger partial charge on any atom is 0.295 e. The molecule has 30 heavy (non-hydrogen) atoms. The van der Waals surface area contributed by atoms with Gasteiger partial charge in [0.1, 0.15) is 23.4 Å². The van der Waals surface area contributed by atoms with E-state index in [-0.39, 0.29) is 36.3 Å². The summed E-state index contributed by atoms with van der Waals surface area (Å²) in [6, 6.07) is 10.7. The Kier molecular flexibility index (Phi) is 5.22. The number of Topliss-reactive ketones (excluding diaryl/α,β-unsaturated/α-hetero) is 1. The molecule has 156 valence electrons. The summed E-state index contributed by atoms with van der Waals surface area (Å²) < 4.78 is 10.8. The molecule has 1 amide bonds. The van der Waals surface area contributed by atoms with Crippen molar-refractivity contribution >= 4 is 17.4 Å². The van der Waals surface area contributed by atoms with Crippen molar-refractivity contribution in [2.45, 2.75) is 25.5 Å². The monoisotopic (exact) mass is 409 g/mol. The maximum absolute atomic E-state index is 12.9. The highest BCUT2D eigenvalue weighted by molar-refractivity contribution is 6.46. The molecule has 7 nitrogen and oxygen atoms in total. The quantitative estimate of drug-likeness (QED) is 0.448. The Labute approximate surface area is 174 Å². The number of carbonyl (C=O) groups is 2. The fraction of sp³-hybridized carbons (Fsp3) is 0.304. The summed E-state index contributed by atoms with van der Waals surface area (Å²) in [7, 11) is 1.51. The van der Waals surface area contributed by atoms with E-state index < -0.39 is 17.7 Å². The molecule has 0 aromatic heterocycles. The first-order chi connectivity index (χ1) is 14.4. The first kappa shape index (κ1) is 20.0. The van der Waals surface area contributed by atoms with Gasteiger partial charge in [0.15, 0.2) is 0 Å². The number of aromatic hydroxyl groups is 1. The molecule has 2 aliphatic rings. The van der Waals surface area contributed by atoms with Gasteiger partial charge in [0, 0.05) is 25.6 Å². The molecule has 1 saturated heterocycles. The molecule has 0 bridgehead atoms. The number of phenols is 1. The van der Waals surface area contributed by atoms with Gasteiger partial charge in [-0.05, 0) is 48.4 Å². The predicted molar refractivity (Wildman–Crippen MR) is 109 cm³/mol. The summed E-state index contributed by atoms with van der Waals surface area (Å²) in [6.45, 7) is 2.37. The van der Waals surface area contributed by atoms with Crippen LogP contribution in [0.3, 0.4) is 0 Å². The Morgan fingerprint density at radius 2 is 2.03 bits per heavy atom. The molecule has 0 spiro atoms. The van der Waals surface area contributed by atoms with E-state index in [1.54, 1.807) is 30.3 Å². The molecule has 2 heterocycles. The average molecular weight is 409 g/mol. The topological polar surface area (TPSA) is 96.3 Å². The lowest BCUT2D eigenvalue weighted by Gasteiger charge is -2.25. The third-order valence-corrected chi connectivity index (χ3v) is 5.43. The van der Waals surface area contributed by atoms with Crippen LogP contribution in [0.15, 0.2) is 48.0 Å². The number of carbonyl (C=O) groups excluding carboxylic acids is 2. The minimum absolute atomic E-state index is 0.00591. The molecule has 0 radical (unpaired) electrons. The predicted octanol–water partition coefficient (Wildman–Crippen LogP) is 2.78. The third-order valence-electron chi connectivity index (χ3n) is 5.43. The van der Waals surface area contributed by atoms with Gasteiger partial charge in [-0.2, -0.15) is 0 Å². The second-order valence-electron chi connectivity index (χ2n) is 7.54. The second-order valence-corrected chi connectivity index (χ2v) is 7.54.